The molecule has 0 spiro atoms. The molecule has 2 aromatic rings. The fourth-order valence-electron chi connectivity index (χ4n) is 1.98. The number of benzene rings is 2. The fourth-order valence-corrected chi connectivity index (χ4v) is 2.69. The lowest BCUT2D eigenvalue weighted by atomic mass is 10.2. The van der Waals surface area contributed by atoms with E-state index in [2.05, 4.69) is 5.32 Å². The average molecular weight is 421 g/mol. The summed E-state index contributed by atoms with van der Waals surface area (Å²) in [6.07, 6.45) is -0.685. The second-order valence-corrected chi connectivity index (χ2v) is 6.12. The molecule has 1 N–H and O–H groups in total. The van der Waals surface area contributed by atoms with Crippen molar-refractivity contribution in [2.45, 2.75) is 0 Å². The summed E-state index contributed by atoms with van der Waals surface area (Å²) in [5.74, 6) is 1.26. The molecule has 0 aromatic heterocycles. The molecule has 0 saturated heterocycles. The number of nitrogens with one attached hydrogen (secondary N) is 1. The highest BCUT2D eigenvalue weighted by atomic mass is 35.5. The Bertz CT molecular complexity index is 785. The molecule has 0 heterocycles. The molecule has 0 aliphatic carbocycles. The average Bonchev–Trinajstić information content (AvgIpc) is 2.60. The molecule has 1 amide bonds. The summed E-state index contributed by atoms with van der Waals surface area (Å²) in [4.78, 5) is 11.9. The van der Waals surface area contributed by atoms with Crippen LogP contribution in [-0.4, -0.2) is 33.5 Å². The Morgan fingerprint density at radius 2 is 1.62 bits per heavy atom. The lowest BCUT2D eigenvalue weighted by Crippen LogP contribution is -2.18. The summed E-state index contributed by atoms with van der Waals surface area (Å²) in [5, 5.41) is 3.75. The van der Waals surface area contributed by atoms with Gasteiger partial charge in [0.25, 0.3) is 0 Å². The van der Waals surface area contributed by atoms with E-state index in [0.717, 1.165) is 0 Å². The first-order chi connectivity index (χ1) is 12.4. The highest BCUT2D eigenvalue weighted by Gasteiger charge is 2.13. The van der Waals surface area contributed by atoms with Gasteiger partial charge in [-0.1, -0.05) is 34.8 Å². The number of halogens is 3. The number of ether oxygens (including phenoxy) is 4. The molecular weight excluding hydrogens is 405 g/mol. The summed E-state index contributed by atoms with van der Waals surface area (Å²) >= 11 is 17.8. The van der Waals surface area contributed by atoms with Gasteiger partial charge in [0.05, 0.1) is 30.0 Å². The second kappa shape index (κ2) is 9.62. The largest absolute Gasteiger partial charge is 0.495 e. The van der Waals surface area contributed by atoms with Crippen LogP contribution in [0.25, 0.3) is 0 Å². The van der Waals surface area contributed by atoms with Crippen LogP contribution in [0.4, 0.5) is 10.5 Å². The molecule has 0 radical (unpaired) electrons. The quantitative estimate of drug-likeness (QED) is 0.616. The van der Waals surface area contributed by atoms with Crippen molar-refractivity contribution >= 4 is 46.6 Å². The first kappa shape index (κ1) is 20.3. The van der Waals surface area contributed by atoms with Gasteiger partial charge in [0.15, 0.2) is 0 Å². The van der Waals surface area contributed by atoms with E-state index in [9.17, 15) is 4.79 Å². The predicted molar refractivity (Wildman–Crippen MR) is 101 cm³/mol. The molecular formula is C17H16Cl3NO5. The number of carbonyl (C=O) groups excluding carboxylic acids is 1. The molecule has 6 nitrogen and oxygen atoms in total. The number of hydrogen-bond donors (Lipinski definition) is 1. The minimum absolute atomic E-state index is 0.0109. The molecule has 140 valence electrons. The Morgan fingerprint density at radius 1 is 0.923 bits per heavy atom. The van der Waals surface area contributed by atoms with Crippen LogP contribution in [0.5, 0.6) is 17.2 Å². The fraction of sp³-hybridized carbons (Fsp3) is 0.235. The molecule has 26 heavy (non-hydrogen) atoms. The lowest BCUT2D eigenvalue weighted by Gasteiger charge is -2.13. The van der Waals surface area contributed by atoms with Crippen LogP contribution in [0.2, 0.25) is 15.1 Å². The van der Waals surface area contributed by atoms with E-state index in [1.807, 2.05) is 0 Å². The van der Waals surface area contributed by atoms with Crippen molar-refractivity contribution in [3.8, 4) is 17.2 Å². The van der Waals surface area contributed by atoms with E-state index in [0.29, 0.717) is 38.0 Å². The highest BCUT2D eigenvalue weighted by Crippen LogP contribution is 2.36. The Balaban J connectivity index is 1.86. The van der Waals surface area contributed by atoms with Crippen molar-refractivity contribution in [1.82, 2.24) is 0 Å². The van der Waals surface area contributed by atoms with E-state index >= 15 is 0 Å². The van der Waals surface area contributed by atoms with Gasteiger partial charge in [0, 0.05) is 11.1 Å². The van der Waals surface area contributed by atoms with Crippen molar-refractivity contribution in [2.24, 2.45) is 0 Å². The monoisotopic (exact) mass is 419 g/mol. The highest BCUT2D eigenvalue weighted by molar-refractivity contribution is 6.35. The number of carbonyl (C=O) groups is 1. The molecule has 2 aromatic carbocycles. The molecule has 9 heteroatoms. The number of methoxy groups -OCH3 is 2. The van der Waals surface area contributed by atoms with Gasteiger partial charge in [-0.2, -0.15) is 0 Å². The third kappa shape index (κ3) is 5.49. The van der Waals surface area contributed by atoms with Crippen molar-refractivity contribution in [2.75, 3.05) is 32.8 Å². The smallest absolute Gasteiger partial charge is 0.411 e. The van der Waals surface area contributed by atoms with Crippen molar-refractivity contribution in [3.05, 3.63) is 45.4 Å². The van der Waals surface area contributed by atoms with Crippen LogP contribution in [0.3, 0.4) is 0 Å². The van der Waals surface area contributed by atoms with Gasteiger partial charge >= 0.3 is 6.09 Å². The van der Waals surface area contributed by atoms with Crippen molar-refractivity contribution < 1.29 is 23.7 Å². The minimum Gasteiger partial charge on any atom is -0.495 e. The van der Waals surface area contributed by atoms with Crippen LogP contribution in [0, 0.1) is 0 Å². The summed E-state index contributed by atoms with van der Waals surface area (Å²) in [5.41, 5.74) is 0.352. The number of hydrogen-bond acceptors (Lipinski definition) is 5. The van der Waals surface area contributed by atoms with Crippen molar-refractivity contribution in [3.63, 3.8) is 0 Å². The molecule has 0 aliphatic heterocycles. The van der Waals surface area contributed by atoms with Gasteiger partial charge < -0.3 is 18.9 Å². The zero-order valence-corrected chi connectivity index (χ0v) is 16.2. The zero-order valence-electron chi connectivity index (χ0n) is 14.0. The molecule has 0 aliphatic rings. The number of anilines is 1. The Morgan fingerprint density at radius 3 is 2.27 bits per heavy atom. The van der Waals surface area contributed by atoms with Crippen LogP contribution in [-0.2, 0) is 4.74 Å². The standard InChI is InChI=1S/C17H16Cl3NO5/c1-23-15-9-16(24-2)13(8-12(15)20)21-17(22)26-6-5-25-14-4-3-10(18)7-11(14)19/h3-4,7-9H,5-6H2,1-2H3,(H,21,22). The normalized spacial score (nSPS) is 10.2. The van der Waals surface area contributed by atoms with Crippen molar-refractivity contribution in [1.29, 1.82) is 0 Å². The van der Waals surface area contributed by atoms with Gasteiger partial charge in [-0.25, -0.2) is 4.79 Å². The Labute approximate surface area is 165 Å². The van der Waals surface area contributed by atoms with E-state index in [1.165, 1.54) is 20.3 Å². The molecule has 0 bridgehead atoms. The maximum atomic E-state index is 11.9. The summed E-state index contributed by atoms with van der Waals surface area (Å²) in [7, 11) is 2.94. The first-order valence-electron chi connectivity index (χ1n) is 7.37. The van der Waals surface area contributed by atoms with Gasteiger partial charge in [-0.15, -0.1) is 0 Å². The van der Waals surface area contributed by atoms with E-state index in [4.69, 9.17) is 53.8 Å². The van der Waals surface area contributed by atoms with Gasteiger partial charge in [-0.05, 0) is 24.3 Å². The Hall–Kier alpha value is -2.02. The van der Waals surface area contributed by atoms with Crippen LogP contribution < -0.4 is 19.5 Å². The van der Waals surface area contributed by atoms with E-state index in [-0.39, 0.29) is 13.2 Å². The van der Waals surface area contributed by atoms with Gasteiger partial charge in [-0.3, -0.25) is 5.32 Å². The Kier molecular flexibility index (Phi) is 7.50. The van der Waals surface area contributed by atoms with E-state index < -0.39 is 6.09 Å². The van der Waals surface area contributed by atoms with Crippen LogP contribution in [0.15, 0.2) is 30.3 Å². The number of amides is 1. The van der Waals surface area contributed by atoms with Gasteiger partial charge in [0.2, 0.25) is 0 Å². The SMILES string of the molecule is COc1cc(OC)c(NC(=O)OCCOc2ccc(Cl)cc2Cl)cc1Cl. The third-order valence-electron chi connectivity index (χ3n) is 3.18. The van der Waals surface area contributed by atoms with Gasteiger partial charge in [0.1, 0.15) is 30.5 Å². The van der Waals surface area contributed by atoms with Crippen LogP contribution >= 0.6 is 34.8 Å². The lowest BCUT2D eigenvalue weighted by molar-refractivity contribution is 0.138. The molecule has 0 atom stereocenters. The summed E-state index contributed by atoms with van der Waals surface area (Å²) in [6.45, 7) is 0.131. The first-order valence-corrected chi connectivity index (χ1v) is 8.51. The summed E-state index contributed by atoms with van der Waals surface area (Å²) < 4.78 is 20.8. The molecule has 0 fully saturated rings. The maximum Gasteiger partial charge on any atom is 0.411 e. The minimum atomic E-state index is -0.685. The molecule has 0 saturated carbocycles. The summed E-state index contributed by atoms with van der Waals surface area (Å²) in [6, 6.07) is 7.91. The molecule has 2 rings (SSSR count). The third-order valence-corrected chi connectivity index (χ3v) is 4.00. The molecule has 0 unspecified atom stereocenters. The van der Waals surface area contributed by atoms with Crippen LogP contribution in [0.1, 0.15) is 0 Å². The zero-order chi connectivity index (χ0) is 19.1. The second-order valence-electron chi connectivity index (χ2n) is 4.87. The topological polar surface area (TPSA) is 66.0 Å². The van der Waals surface area contributed by atoms with E-state index in [1.54, 1.807) is 24.3 Å². The maximum absolute atomic E-state index is 11.9. The predicted octanol–water partition coefficient (Wildman–Crippen LogP) is 5.29. The number of rotatable bonds is 7.